The number of rotatable bonds is 11. The molecule has 0 unspecified atom stereocenters. The molecule has 1 N–H and O–H groups in total. The summed E-state index contributed by atoms with van der Waals surface area (Å²) in [4.78, 5) is 34.8. The van der Waals surface area contributed by atoms with Crippen LogP contribution >= 0.6 is 11.6 Å². The van der Waals surface area contributed by atoms with Crippen molar-refractivity contribution in [1.82, 2.24) is 0 Å². The molecule has 0 heterocycles. The maximum Gasteiger partial charge on any atom is 0.338 e. The van der Waals surface area contributed by atoms with Crippen molar-refractivity contribution < 1.29 is 33.5 Å². The SMILES string of the molecule is CCOc1cc(C(=O)OCC(=O)Nc2ccc([N+](=O)[O-])cc2Cl)cc(OCC)c1OCC. The van der Waals surface area contributed by atoms with Crippen LogP contribution in [0.25, 0.3) is 0 Å². The molecule has 0 saturated carbocycles. The van der Waals surface area contributed by atoms with E-state index < -0.39 is 23.4 Å². The zero-order valence-corrected chi connectivity index (χ0v) is 18.6. The van der Waals surface area contributed by atoms with Gasteiger partial charge in [0.1, 0.15) is 0 Å². The molecule has 0 spiro atoms. The fourth-order valence-electron chi connectivity index (χ4n) is 2.63. The monoisotopic (exact) mass is 466 g/mol. The summed E-state index contributed by atoms with van der Waals surface area (Å²) >= 11 is 5.94. The molecule has 0 aromatic heterocycles. The van der Waals surface area contributed by atoms with Gasteiger partial charge in [-0.1, -0.05) is 11.6 Å². The van der Waals surface area contributed by atoms with Gasteiger partial charge >= 0.3 is 5.97 Å². The standard InChI is InChI=1S/C21H23ClN2O8/c1-4-29-17-9-13(10-18(30-5-2)20(17)31-6-3)21(26)32-12-19(25)23-16-8-7-14(24(27)28)11-15(16)22/h7-11H,4-6,12H2,1-3H3,(H,23,25). The van der Waals surface area contributed by atoms with Crippen LogP contribution in [0.15, 0.2) is 30.3 Å². The average molecular weight is 467 g/mol. The smallest absolute Gasteiger partial charge is 0.338 e. The highest BCUT2D eigenvalue weighted by molar-refractivity contribution is 6.34. The summed E-state index contributed by atoms with van der Waals surface area (Å²) in [5.41, 5.74) is 0.0447. The minimum Gasteiger partial charge on any atom is -0.490 e. The minimum absolute atomic E-state index is 0.0203. The lowest BCUT2D eigenvalue weighted by molar-refractivity contribution is -0.384. The number of hydrogen-bond donors (Lipinski definition) is 1. The Balaban J connectivity index is 2.11. The van der Waals surface area contributed by atoms with Crippen LogP contribution in [-0.2, 0) is 9.53 Å². The average Bonchev–Trinajstić information content (AvgIpc) is 2.75. The molecule has 2 aromatic rings. The van der Waals surface area contributed by atoms with Gasteiger partial charge < -0.3 is 24.3 Å². The lowest BCUT2D eigenvalue weighted by Gasteiger charge is -2.16. The number of anilines is 1. The van der Waals surface area contributed by atoms with Gasteiger partial charge in [0.05, 0.1) is 41.0 Å². The van der Waals surface area contributed by atoms with Gasteiger partial charge in [-0.05, 0) is 39.0 Å². The summed E-state index contributed by atoms with van der Waals surface area (Å²) in [5.74, 6) is -0.447. The van der Waals surface area contributed by atoms with E-state index in [9.17, 15) is 19.7 Å². The van der Waals surface area contributed by atoms with E-state index in [1.54, 1.807) is 13.8 Å². The van der Waals surface area contributed by atoms with Crippen LogP contribution in [0.2, 0.25) is 5.02 Å². The highest BCUT2D eigenvalue weighted by Gasteiger charge is 2.20. The lowest BCUT2D eigenvalue weighted by Crippen LogP contribution is -2.21. The molecule has 0 saturated heterocycles. The van der Waals surface area contributed by atoms with Gasteiger partial charge in [-0.2, -0.15) is 0 Å². The number of ether oxygens (including phenoxy) is 4. The Morgan fingerprint density at radius 2 is 1.59 bits per heavy atom. The molecule has 172 valence electrons. The molecule has 1 amide bonds. The first-order chi connectivity index (χ1) is 15.3. The highest BCUT2D eigenvalue weighted by Crippen LogP contribution is 2.39. The van der Waals surface area contributed by atoms with Crippen molar-refractivity contribution in [3.05, 3.63) is 51.0 Å². The molecule has 0 aliphatic carbocycles. The van der Waals surface area contributed by atoms with Gasteiger partial charge in [0.2, 0.25) is 5.75 Å². The highest BCUT2D eigenvalue weighted by atomic mass is 35.5. The molecular weight excluding hydrogens is 444 g/mol. The van der Waals surface area contributed by atoms with Gasteiger partial charge in [-0.3, -0.25) is 14.9 Å². The van der Waals surface area contributed by atoms with Crippen molar-refractivity contribution in [3.8, 4) is 17.2 Å². The van der Waals surface area contributed by atoms with Crippen molar-refractivity contribution in [3.63, 3.8) is 0 Å². The fraction of sp³-hybridized carbons (Fsp3) is 0.333. The predicted molar refractivity (Wildman–Crippen MR) is 117 cm³/mol. The van der Waals surface area contributed by atoms with E-state index in [1.165, 1.54) is 24.3 Å². The Kier molecular flexibility index (Phi) is 9.08. The molecule has 2 rings (SSSR count). The molecule has 2 aromatic carbocycles. The van der Waals surface area contributed by atoms with Crippen molar-refractivity contribution >= 4 is 34.9 Å². The maximum atomic E-state index is 12.5. The fourth-order valence-corrected chi connectivity index (χ4v) is 2.85. The molecule has 0 aliphatic rings. The van der Waals surface area contributed by atoms with Crippen LogP contribution in [0, 0.1) is 10.1 Å². The van der Waals surface area contributed by atoms with Crippen molar-refractivity contribution in [2.45, 2.75) is 20.8 Å². The number of carbonyl (C=O) groups excluding carboxylic acids is 2. The number of amides is 1. The lowest BCUT2D eigenvalue weighted by atomic mass is 10.2. The van der Waals surface area contributed by atoms with Gasteiger partial charge in [0.15, 0.2) is 18.1 Å². The van der Waals surface area contributed by atoms with E-state index in [1.807, 2.05) is 6.92 Å². The number of non-ortho nitro benzene ring substituents is 1. The minimum atomic E-state index is -0.778. The number of esters is 1. The molecule has 32 heavy (non-hydrogen) atoms. The number of benzene rings is 2. The van der Waals surface area contributed by atoms with E-state index >= 15 is 0 Å². The van der Waals surface area contributed by atoms with E-state index in [2.05, 4.69) is 5.32 Å². The van der Waals surface area contributed by atoms with Gasteiger partial charge in [0, 0.05) is 12.1 Å². The number of nitro benzene ring substituents is 1. The van der Waals surface area contributed by atoms with Crippen molar-refractivity contribution in [2.75, 3.05) is 31.7 Å². The quantitative estimate of drug-likeness (QED) is 0.296. The van der Waals surface area contributed by atoms with Crippen LogP contribution in [-0.4, -0.2) is 43.2 Å². The second kappa shape index (κ2) is 11.8. The number of nitrogens with zero attached hydrogens (tertiary/aromatic N) is 1. The molecule has 11 heteroatoms. The van der Waals surface area contributed by atoms with E-state index in [-0.39, 0.29) is 22.0 Å². The third kappa shape index (κ3) is 6.48. The van der Waals surface area contributed by atoms with Gasteiger partial charge in [-0.15, -0.1) is 0 Å². The summed E-state index contributed by atoms with van der Waals surface area (Å²) in [7, 11) is 0. The Hall–Kier alpha value is -3.53. The van der Waals surface area contributed by atoms with Gasteiger partial charge in [0.25, 0.3) is 11.6 Å². The molecule has 0 atom stereocenters. The predicted octanol–water partition coefficient (Wildman–Crippen LogP) is 4.24. The Morgan fingerprint density at radius 1 is 1.00 bits per heavy atom. The Morgan fingerprint density at radius 3 is 2.09 bits per heavy atom. The summed E-state index contributed by atoms with van der Waals surface area (Å²) in [6.07, 6.45) is 0. The number of hydrogen-bond acceptors (Lipinski definition) is 8. The molecule has 0 fully saturated rings. The van der Waals surface area contributed by atoms with E-state index in [0.717, 1.165) is 6.07 Å². The largest absolute Gasteiger partial charge is 0.490 e. The van der Waals surface area contributed by atoms with Crippen LogP contribution in [0.4, 0.5) is 11.4 Å². The second-order valence-corrected chi connectivity index (χ2v) is 6.55. The third-order valence-corrected chi connectivity index (χ3v) is 4.23. The van der Waals surface area contributed by atoms with Gasteiger partial charge in [-0.25, -0.2) is 4.79 Å². The molecule has 0 bridgehead atoms. The van der Waals surface area contributed by atoms with Crippen LogP contribution < -0.4 is 19.5 Å². The topological polar surface area (TPSA) is 126 Å². The third-order valence-electron chi connectivity index (χ3n) is 3.92. The first-order valence-corrected chi connectivity index (χ1v) is 10.2. The number of carbonyl (C=O) groups is 2. The van der Waals surface area contributed by atoms with Crippen molar-refractivity contribution in [1.29, 1.82) is 0 Å². The zero-order chi connectivity index (χ0) is 23.7. The number of nitrogens with one attached hydrogen (secondary N) is 1. The van der Waals surface area contributed by atoms with Crippen LogP contribution in [0.3, 0.4) is 0 Å². The summed E-state index contributed by atoms with van der Waals surface area (Å²) in [6, 6.07) is 6.48. The summed E-state index contributed by atoms with van der Waals surface area (Å²) < 4.78 is 21.8. The summed E-state index contributed by atoms with van der Waals surface area (Å²) in [6.45, 7) is 5.82. The number of nitro groups is 1. The normalized spacial score (nSPS) is 10.2. The molecular formula is C21H23ClN2O8. The first kappa shape index (κ1) is 24.7. The molecule has 0 aliphatic heterocycles. The molecule has 10 nitrogen and oxygen atoms in total. The second-order valence-electron chi connectivity index (χ2n) is 6.15. The molecule has 0 radical (unpaired) electrons. The zero-order valence-electron chi connectivity index (χ0n) is 17.8. The number of halogens is 1. The Labute approximate surface area is 189 Å². The maximum absolute atomic E-state index is 12.5. The first-order valence-electron chi connectivity index (χ1n) is 9.77. The van der Waals surface area contributed by atoms with Crippen molar-refractivity contribution in [2.24, 2.45) is 0 Å². The van der Waals surface area contributed by atoms with Crippen LogP contribution in [0.1, 0.15) is 31.1 Å². The van der Waals surface area contributed by atoms with E-state index in [0.29, 0.717) is 37.1 Å². The Bertz CT molecular complexity index is 969. The van der Waals surface area contributed by atoms with Crippen LogP contribution in [0.5, 0.6) is 17.2 Å². The summed E-state index contributed by atoms with van der Waals surface area (Å²) in [5, 5.41) is 13.2. The van der Waals surface area contributed by atoms with E-state index in [4.69, 9.17) is 30.5 Å².